The Morgan fingerprint density at radius 1 is 1.14 bits per heavy atom. The lowest BCUT2D eigenvalue weighted by Gasteiger charge is -2.10. The van der Waals surface area contributed by atoms with Gasteiger partial charge >= 0.3 is 0 Å². The van der Waals surface area contributed by atoms with Crippen LogP contribution in [0.2, 0.25) is 0 Å². The molecule has 4 nitrogen and oxygen atoms in total. The standard InChI is InChI=1S/C17H16N2O2S/c1-12(2)21-15-7-3-13(4-8-15)17(20)19-14-5-9-16(10-6-14)22-11-18/h3-10,12H,1-2H3,(H,19,20). The van der Waals surface area contributed by atoms with Gasteiger partial charge in [-0.3, -0.25) is 4.79 Å². The Bertz CT molecular complexity index is 673. The molecule has 0 bridgehead atoms. The third-order valence-electron chi connectivity index (χ3n) is 2.76. The SMILES string of the molecule is CC(C)Oc1ccc(C(=O)Nc2ccc(SC#N)cc2)cc1. The van der Waals surface area contributed by atoms with Crippen molar-refractivity contribution in [3.05, 3.63) is 54.1 Å². The van der Waals surface area contributed by atoms with Gasteiger partial charge in [0.05, 0.1) is 6.10 Å². The summed E-state index contributed by atoms with van der Waals surface area (Å²) in [4.78, 5) is 13.0. The van der Waals surface area contributed by atoms with Crippen molar-refractivity contribution in [2.24, 2.45) is 0 Å². The van der Waals surface area contributed by atoms with E-state index in [2.05, 4.69) is 5.32 Å². The van der Waals surface area contributed by atoms with E-state index in [9.17, 15) is 4.79 Å². The number of hydrogen-bond acceptors (Lipinski definition) is 4. The monoisotopic (exact) mass is 312 g/mol. The molecule has 2 aromatic rings. The molecule has 0 aromatic heterocycles. The molecule has 1 N–H and O–H groups in total. The van der Waals surface area contributed by atoms with E-state index in [1.807, 2.05) is 19.2 Å². The Balaban J connectivity index is 2.01. The molecular weight excluding hydrogens is 296 g/mol. The molecular formula is C17H16N2O2S. The van der Waals surface area contributed by atoms with E-state index in [0.29, 0.717) is 11.3 Å². The van der Waals surface area contributed by atoms with Gasteiger partial charge in [-0.1, -0.05) is 0 Å². The summed E-state index contributed by atoms with van der Waals surface area (Å²) in [5, 5.41) is 13.4. The molecule has 0 saturated heterocycles. The minimum absolute atomic E-state index is 0.101. The van der Waals surface area contributed by atoms with Crippen molar-refractivity contribution in [2.75, 3.05) is 5.32 Å². The molecule has 0 aliphatic carbocycles. The lowest BCUT2D eigenvalue weighted by molar-refractivity contribution is 0.102. The average molecular weight is 312 g/mol. The minimum Gasteiger partial charge on any atom is -0.491 e. The van der Waals surface area contributed by atoms with Crippen molar-refractivity contribution in [3.63, 3.8) is 0 Å². The number of amides is 1. The first-order valence-corrected chi connectivity index (χ1v) is 7.64. The summed E-state index contributed by atoms with van der Waals surface area (Å²) < 4.78 is 5.54. The van der Waals surface area contributed by atoms with Crippen LogP contribution in [0.5, 0.6) is 5.75 Å². The largest absolute Gasteiger partial charge is 0.491 e. The highest BCUT2D eigenvalue weighted by Crippen LogP contribution is 2.20. The fourth-order valence-corrected chi connectivity index (χ4v) is 2.20. The first-order chi connectivity index (χ1) is 10.6. The van der Waals surface area contributed by atoms with E-state index < -0.39 is 0 Å². The Labute approximate surface area is 134 Å². The number of anilines is 1. The molecule has 0 unspecified atom stereocenters. The second-order valence-corrected chi connectivity index (χ2v) is 5.72. The highest BCUT2D eigenvalue weighted by atomic mass is 32.2. The van der Waals surface area contributed by atoms with Gasteiger partial charge in [0.1, 0.15) is 11.2 Å². The van der Waals surface area contributed by atoms with Crippen LogP contribution in [0, 0.1) is 10.7 Å². The Hall–Kier alpha value is -2.45. The lowest BCUT2D eigenvalue weighted by atomic mass is 10.2. The van der Waals surface area contributed by atoms with Crippen LogP contribution in [-0.4, -0.2) is 12.0 Å². The number of nitriles is 1. The molecule has 2 rings (SSSR count). The predicted molar refractivity (Wildman–Crippen MR) is 88.1 cm³/mol. The van der Waals surface area contributed by atoms with Crippen LogP contribution in [0.3, 0.4) is 0 Å². The second-order valence-electron chi connectivity index (χ2n) is 4.86. The van der Waals surface area contributed by atoms with Gasteiger partial charge in [-0.2, -0.15) is 5.26 Å². The zero-order chi connectivity index (χ0) is 15.9. The summed E-state index contributed by atoms with van der Waals surface area (Å²) in [5.41, 5.74) is 1.25. The van der Waals surface area contributed by atoms with E-state index in [0.717, 1.165) is 22.4 Å². The molecule has 0 radical (unpaired) electrons. The van der Waals surface area contributed by atoms with Crippen LogP contribution < -0.4 is 10.1 Å². The molecule has 0 saturated carbocycles. The van der Waals surface area contributed by atoms with Crippen LogP contribution in [0.25, 0.3) is 0 Å². The third-order valence-corrected chi connectivity index (χ3v) is 3.36. The number of carbonyl (C=O) groups is 1. The van der Waals surface area contributed by atoms with E-state index in [1.54, 1.807) is 48.5 Å². The maximum atomic E-state index is 12.1. The summed E-state index contributed by atoms with van der Waals surface area (Å²) in [6.45, 7) is 3.91. The highest BCUT2D eigenvalue weighted by molar-refractivity contribution is 8.03. The zero-order valence-electron chi connectivity index (χ0n) is 12.4. The van der Waals surface area contributed by atoms with Gasteiger partial charge in [0.25, 0.3) is 5.91 Å². The molecule has 0 fully saturated rings. The molecule has 0 aliphatic heterocycles. The van der Waals surface area contributed by atoms with Crippen LogP contribution in [-0.2, 0) is 0 Å². The van der Waals surface area contributed by atoms with Crippen molar-refractivity contribution in [2.45, 2.75) is 24.8 Å². The number of thioether (sulfide) groups is 1. The first-order valence-electron chi connectivity index (χ1n) is 6.82. The second kappa shape index (κ2) is 7.53. The summed E-state index contributed by atoms with van der Waals surface area (Å²) in [5.74, 6) is 0.557. The fourth-order valence-electron chi connectivity index (χ4n) is 1.82. The first kappa shape index (κ1) is 15.9. The molecule has 112 valence electrons. The highest BCUT2D eigenvalue weighted by Gasteiger charge is 2.07. The van der Waals surface area contributed by atoms with Crippen LogP contribution in [0.4, 0.5) is 5.69 Å². The number of rotatable bonds is 5. The van der Waals surface area contributed by atoms with Gasteiger partial charge in [0.2, 0.25) is 0 Å². The number of carbonyl (C=O) groups excluding carboxylic acids is 1. The van der Waals surface area contributed by atoms with Gasteiger partial charge in [-0.15, -0.1) is 0 Å². The normalized spacial score (nSPS) is 10.1. The smallest absolute Gasteiger partial charge is 0.255 e. The Morgan fingerprint density at radius 2 is 1.77 bits per heavy atom. The van der Waals surface area contributed by atoms with Gasteiger partial charge < -0.3 is 10.1 Å². The lowest BCUT2D eigenvalue weighted by Crippen LogP contribution is -2.12. The van der Waals surface area contributed by atoms with E-state index in [1.165, 1.54) is 0 Å². The predicted octanol–water partition coefficient (Wildman–Crippen LogP) is 4.30. The summed E-state index contributed by atoms with van der Waals surface area (Å²) in [6.07, 6.45) is 0.101. The fraction of sp³-hybridized carbons (Fsp3) is 0.176. The van der Waals surface area contributed by atoms with Crippen molar-refractivity contribution in [1.29, 1.82) is 5.26 Å². The maximum Gasteiger partial charge on any atom is 0.255 e. The molecule has 0 aliphatic rings. The van der Waals surface area contributed by atoms with Gasteiger partial charge in [0, 0.05) is 16.1 Å². The number of thiocyanates is 1. The zero-order valence-corrected chi connectivity index (χ0v) is 13.2. The van der Waals surface area contributed by atoms with E-state index in [-0.39, 0.29) is 12.0 Å². The molecule has 0 spiro atoms. The van der Waals surface area contributed by atoms with E-state index >= 15 is 0 Å². The number of benzene rings is 2. The molecule has 1 amide bonds. The summed E-state index contributed by atoms with van der Waals surface area (Å²) in [6, 6.07) is 14.1. The van der Waals surface area contributed by atoms with Crippen molar-refractivity contribution in [3.8, 4) is 11.2 Å². The van der Waals surface area contributed by atoms with Gasteiger partial charge in [-0.25, -0.2) is 0 Å². The Kier molecular flexibility index (Phi) is 5.45. The quantitative estimate of drug-likeness (QED) is 0.660. The molecule has 5 heteroatoms. The molecule has 0 atom stereocenters. The topological polar surface area (TPSA) is 62.1 Å². The number of nitrogens with one attached hydrogen (secondary N) is 1. The molecule has 2 aromatic carbocycles. The summed E-state index contributed by atoms with van der Waals surface area (Å²) >= 11 is 1.08. The molecule has 22 heavy (non-hydrogen) atoms. The minimum atomic E-state index is -0.184. The third kappa shape index (κ3) is 4.54. The van der Waals surface area contributed by atoms with Crippen LogP contribution in [0.1, 0.15) is 24.2 Å². The average Bonchev–Trinajstić information content (AvgIpc) is 2.49. The van der Waals surface area contributed by atoms with Crippen LogP contribution >= 0.6 is 11.8 Å². The van der Waals surface area contributed by atoms with Gasteiger partial charge in [-0.05, 0) is 74.1 Å². The number of hydrogen-bond donors (Lipinski definition) is 1. The molecule has 0 heterocycles. The van der Waals surface area contributed by atoms with Gasteiger partial charge in [0.15, 0.2) is 0 Å². The Morgan fingerprint density at radius 3 is 2.32 bits per heavy atom. The summed E-state index contributed by atoms with van der Waals surface area (Å²) in [7, 11) is 0. The van der Waals surface area contributed by atoms with E-state index in [4.69, 9.17) is 10.00 Å². The van der Waals surface area contributed by atoms with Crippen molar-refractivity contribution in [1.82, 2.24) is 0 Å². The van der Waals surface area contributed by atoms with Crippen molar-refractivity contribution < 1.29 is 9.53 Å². The maximum absolute atomic E-state index is 12.1. The van der Waals surface area contributed by atoms with Crippen LogP contribution in [0.15, 0.2) is 53.4 Å². The number of ether oxygens (including phenoxy) is 1. The number of nitrogens with zero attached hydrogens (tertiary/aromatic N) is 1. The van der Waals surface area contributed by atoms with Crippen molar-refractivity contribution >= 4 is 23.4 Å².